The SMILES string of the molecule is CC(C)n1cc(NC(=O)N2CCC(=O)N3CCCCC32)cn1. The molecule has 2 fully saturated rings. The van der Waals surface area contributed by atoms with Crippen LogP contribution in [0.1, 0.15) is 45.6 Å². The second-order valence-corrected chi connectivity index (χ2v) is 6.24. The molecular formula is C15H23N5O2. The van der Waals surface area contributed by atoms with Gasteiger partial charge in [-0.15, -0.1) is 0 Å². The Balaban J connectivity index is 1.69. The van der Waals surface area contributed by atoms with E-state index in [9.17, 15) is 9.59 Å². The monoisotopic (exact) mass is 305 g/mol. The van der Waals surface area contributed by atoms with E-state index in [-0.39, 0.29) is 24.1 Å². The molecule has 3 rings (SSSR count). The fourth-order valence-corrected chi connectivity index (χ4v) is 3.15. The molecule has 1 N–H and O–H groups in total. The van der Waals surface area contributed by atoms with Crippen LogP contribution in [0.25, 0.3) is 0 Å². The third-order valence-electron chi connectivity index (χ3n) is 4.36. The summed E-state index contributed by atoms with van der Waals surface area (Å²) in [5, 5.41) is 7.13. The van der Waals surface area contributed by atoms with Crippen LogP contribution in [0.2, 0.25) is 0 Å². The summed E-state index contributed by atoms with van der Waals surface area (Å²) in [6.07, 6.45) is 6.76. The molecule has 3 heterocycles. The van der Waals surface area contributed by atoms with Gasteiger partial charge in [-0.2, -0.15) is 5.10 Å². The number of hydrogen-bond donors (Lipinski definition) is 1. The van der Waals surface area contributed by atoms with E-state index in [1.807, 2.05) is 29.6 Å². The van der Waals surface area contributed by atoms with Gasteiger partial charge in [-0.05, 0) is 33.1 Å². The predicted molar refractivity (Wildman–Crippen MR) is 82.3 cm³/mol. The summed E-state index contributed by atoms with van der Waals surface area (Å²) < 4.78 is 1.81. The van der Waals surface area contributed by atoms with Crippen molar-refractivity contribution in [1.29, 1.82) is 0 Å². The van der Waals surface area contributed by atoms with Gasteiger partial charge in [0.25, 0.3) is 0 Å². The van der Waals surface area contributed by atoms with E-state index >= 15 is 0 Å². The number of nitrogens with one attached hydrogen (secondary N) is 1. The van der Waals surface area contributed by atoms with Gasteiger partial charge in [0.1, 0.15) is 6.17 Å². The van der Waals surface area contributed by atoms with Crippen molar-refractivity contribution in [1.82, 2.24) is 19.6 Å². The highest BCUT2D eigenvalue weighted by Gasteiger charge is 2.37. The van der Waals surface area contributed by atoms with Crippen molar-refractivity contribution in [3.8, 4) is 0 Å². The summed E-state index contributed by atoms with van der Waals surface area (Å²) in [5.41, 5.74) is 0.693. The number of nitrogens with zero attached hydrogens (tertiary/aromatic N) is 4. The minimum Gasteiger partial charge on any atom is -0.322 e. The summed E-state index contributed by atoms with van der Waals surface area (Å²) in [4.78, 5) is 28.2. The Labute approximate surface area is 130 Å². The molecule has 2 aliphatic rings. The van der Waals surface area contributed by atoms with Gasteiger partial charge < -0.3 is 15.1 Å². The molecule has 0 aromatic carbocycles. The van der Waals surface area contributed by atoms with Crippen molar-refractivity contribution >= 4 is 17.6 Å². The average molecular weight is 305 g/mol. The predicted octanol–water partition coefficient (Wildman–Crippen LogP) is 2.04. The smallest absolute Gasteiger partial charge is 0.322 e. The summed E-state index contributed by atoms with van der Waals surface area (Å²) in [5.74, 6) is 0.168. The molecule has 1 unspecified atom stereocenters. The molecule has 0 spiro atoms. The maximum Gasteiger partial charge on any atom is 0.323 e. The molecule has 2 saturated heterocycles. The topological polar surface area (TPSA) is 70.5 Å². The Hall–Kier alpha value is -2.05. The van der Waals surface area contributed by atoms with Crippen LogP contribution in [0.15, 0.2) is 12.4 Å². The number of anilines is 1. The molecule has 0 radical (unpaired) electrons. The van der Waals surface area contributed by atoms with Crippen molar-refractivity contribution in [2.24, 2.45) is 0 Å². The zero-order valence-electron chi connectivity index (χ0n) is 13.2. The van der Waals surface area contributed by atoms with Crippen LogP contribution in [-0.2, 0) is 4.79 Å². The van der Waals surface area contributed by atoms with Gasteiger partial charge >= 0.3 is 6.03 Å². The van der Waals surface area contributed by atoms with Crippen molar-refractivity contribution in [3.63, 3.8) is 0 Å². The van der Waals surface area contributed by atoms with Gasteiger partial charge in [0.05, 0.1) is 11.9 Å². The van der Waals surface area contributed by atoms with Crippen molar-refractivity contribution in [3.05, 3.63) is 12.4 Å². The largest absolute Gasteiger partial charge is 0.323 e. The lowest BCUT2D eigenvalue weighted by Crippen LogP contribution is -2.60. The van der Waals surface area contributed by atoms with E-state index in [0.29, 0.717) is 18.7 Å². The van der Waals surface area contributed by atoms with Crippen molar-refractivity contribution in [2.45, 2.75) is 51.7 Å². The van der Waals surface area contributed by atoms with E-state index in [0.717, 1.165) is 25.8 Å². The Bertz CT molecular complexity index is 568. The van der Waals surface area contributed by atoms with E-state index in [4.69, 9.17) is 0 Å². The number of rotatable bonds is 2. The van der Waals surface area contributed by atoms with Crippen LogP contribution in [0.4, 0.5) is 10.5 Å². The highest BCUT2D eigenvalue weighted by molar-refractivity contribution is 5.90. The Morgan fingerprint density at radius 2 is 2.18 bits per heavy atom. The Morgan fingerprint density at radius 1 is 1.36 bits per heavy atom. The van der Waals surface area contributed by atoms with Crippen LogP contribution in [0.3, 0.4) is 0 Å². The first-order valence-electron chi connectivity index (χ1n) is 7.97. The fraction of sp³-hybridized carbons (Fsp3) is 0.667. The quantitative estimate of drug-likeness (QED) is 0.909. The first-order valence-corrected chi connectivity index (χ1v) is 7.97. The highest BCUT2D eigenvalue weighted by Crippen LogP contribution is 2.26. The van der Waals surface area contributed by atoms with Gasteiger partial charge in [-0.3, -0.25) is 9.48 Å². The molecule has 2 aliphatic heterocycles. The fourth-order valence-electron chi connectivity index (χ4n) is 3.15. The molecule has 1 aromatic heterocycles. The zero-order chi connectivity index (χ0) is 15.7. The molecule has 7 heteroatoms. The molecular weight excluding hydrogens is 282 g/mol. The minimum absolute atomic E-state index is 0.0878. The number of amides is 3. The number of aromatic nitrogens is 2. The number of fused-ring (bicyclic) bond motifs is 1. The van der Waals surface area contributed by atoms with Gasteiger partial charge in [-0.25, -0.2) is 4.79 Å². The van der Waals surface area contributed by atoms with E-state index in [1.54, 1.807) is 11.1 Å². The zero-order valence-corrected chi connectivity index (χ0v) is 13.2. The molecule has 0 saturated carbocycles. The maximum absolute atomic E-state index is 12.5. The first-order chi connectivity index (χ1) is 10.6. The normalized spacial score (nSPS) is 22.0. The Morgan fingerprint density at radius 3 is 2.91 bits per heavy atom. The molecule has 1 aromatic rings. The molecule has 1 atom stereocenters. The summed E-state index contributed by atoms with van der Waals surface area (Å²) in [6.45, 7) is 5.33. The van der Waals surface area contributed by atoms with Crippen molar-refractivity contribution in [2.75, 3.05) is 18.4 Å². The van der Waals surface area contributed by atoms with E-state index < -0.39 is 0 Å². The summed E-state index contributed by atoms with van der Waals surface area (Å²) in [7, 11) is 0. The van der Waals surface area contributed by atoms with Crippen LogP contribution < -0.4 is 5.32 Å². The summed E-state index contributed by atoms with van der Waals surface area (Å²) in [6, 6.07) is 0.111. The molecule has 7 nitrogen and oxygen atoms in total. The van der Waals surface area contributed by atoms with Crippen LogP contribution in [0, 0.1) is 0 Å². The molecule has 0 bridgehead atoms. The third-order valence-corrected chi connectivity index (χ3v) is 4.36. The van der Waals surface area contributed by atoms with Gasteiger partial charge in [-0.1, -0.05) is 0 Å². The number of urea groups is 1. The lowest BCUT2D eigenvalue weighted by molar-refractivity contribution is -0.144. The second kappa shape index (κ2) is 5.98. The molecule has 120 valence electrons. The standard InChI is InChI=1S/C15H23N5O2/c1-11(2)20-10-12(9-16-20)17-15(22)19-8-6-14(21)18-7-4-3-5-13(18)19/h9-11,13H,3-8H2,1-2H3,(H,17,22). The number of piperidine rings is 1. The van der Waals surface area contributed by atoms with Gasteiger partial charge in [0.15, 0.2) is 0 Å². The maximum atomic E-state index is 12.5. The van der Waals surface area contributed by atoms with Crippen LogP contribution in [0.5, 0.6) is 0 Å². The second-order valence-electron chi connectivity index (χ2n) is 6.24. The number of carbonyl (C=O) groups excluding carboxylic acids is 2. The highest BCUT2D eigenvalue weighted by atomic mass is 16.2. The number of carbonyl (C=O) groups is 2. The summed E-state index contributed by atoms with van der Waals surface area (Å²) >= 11 is 0. The molecule has 0 aliphatic carbocycles. The van der Waals surface area contributed by atoms with Crippen LogP contribution >= 0.6 is 0 Å². The average Bonchev–Trinajstić information content (AvgIpc) is 2.96. The Kier molecular flexibility index (Phi) is 4.04. The van der Waals surface area contributed by atoms with Crippen molar-refractivity contribution < 1.29 is 9.59 Å². The van der Waals surface area contributed by atoms with E-state index in [1.165, 1.54) is 0 Å². The lowest BCUT2D eigenvalue weighted by atomic mass is 10.0. The minimum atomic E-state index is -0.146. The molecule has 22 heavy (non-hydrogen) atoms. The van der Waals surface area contributed by atoms with Crippen LogP contribution in [-0.4, -0.2) is 50.8 Å². The third kappa shape index (κ3) is 2.80. The van der Waals surface area contributed by atoms with Gasteiger partial charge in [0.2, 0.25) is 5.91 Å². The van der Waals surface area contributed by atoms with Gasteiger partial charge in [0, 0.05) is 31.7 Å². The first kappa shape index (κ1) is 14.9. The van der Waals surface area contributed by atoms with E-state index in [2.05, 4.69) is 10.4 Å². The number of hydrogen-bond acceptors (Lipinski definition) is 3. The molecule has 3 amide bonds. The lowest BCUT2D eigenvalue weighted by Gasteiger charge is -2.46.